The van der Waals surface area contributed by atoms with Gasteiger partial charge in [0.05, 0.1) is 24.1 Å². The number of ketones is 1. The fraction of sp³-hybridized carbons (Fsp3) is 0.848. The molecule has 0 aromatic carbocycles. The maximum atomic E-state index is 14.1. The van der Waals surface area contributed by atoms with Crippen LogP contribution in [-0.4, -0.2) is 103 Å². The number of nitrogens with one attached hydrogen (secondary N) is 1. The van der Waals surface area contributed by atoms with Gasteiger partial charge in [0.1, 0.15) is 23.6 Å². The van der Waals surface area contributed by atoms with E-state index in [-0.39, 0.29) is 30.8 Å². The van der Waals surface area contributed by atoms with Gasteiger partial charge in [0.15, 0.2) is 18.0 Å². The van der Waals surface area contributed by atoms with Gasteiger partial charge >= 0.3 is 24.1 Å². The number of hydrogen-bond donors (Lipinski definition) is 2. The first kappa shape index (κ1) is 38.5. The Kier molecular flexibility index (Phi) is 12.3. The molecule has 3 heterocycles. The zero-order chi connectivity index (χ0) is 35.6. The Hall–Kier alpha value is -2.97. The summed E-state index contributed by atoms with van der Waals surface area (Å²) in [6, 6.07) is -1.07. The average molecular weight is 670 g/mol. The van der Waals surface area contributed by atoms with Gasteiger partial charge in [-0.15, -0.1) is 0 Å². The van der Waals surface area contributed by atoms with Crippen molar-refractivity contribution in [3.8, 4) is 0 Å². The highest BCUT2D eigenvalue weighted by atomic mass is 16.7. The maximum absolute atomic E-state index is 14.1. The van der Waals surface area contributed by atoms with Crippen LogP contribution in [0.25, 0.3) is 0 Å². The summed E-state index contributed by atoms with van der Waals surface area (Å²) >= 11 is 0. The number of fused-ring (bicyclic) bond motifs is 1. The van der Waals surface area contributed by atoms with Gasteiger partial charge in [-0.2, -0.15) is 0 Å². The number of carbonyl (C=O) groups excluding carboxylic acids is 5. The molecule has 3 fully saturated rings. The number of nitrogens with two attached hydrogens (primary N) is 1. The first-order valence-corrected chi connectivity index (χ1v) is 16.6. The van der Waals surface area contributed by atoms with Crippen LogP contribution in [0.2, 0.25) is 0 Å². The number of esters is 2. The van der Waals surface area contributed by atoms with E-state index in [0.717, 1.165) is 0 Å². The van der Waals surface area contributed by atoms with E-state index in [1.807, 2.05) is 39.8 Å². The second kappa shape index (κ2) is 15.1. The van der Waals surface area contributed by atoms with E-state index >= 15 is 0 Å². The van der Waals surface area contributed by atoms with Gasteiger partial charge in [-0.1, -0.05) is 34.6 Å². The summed E-state index contributed by atoms with van der Waals surface area (Å²) in [5, 5.41) is 2.76. The van der Waals surface area contributed by atoms with E-state index in [1.54, 1.807) is 34.6 Å². The molecule has 14 nitrogen and oxygen atoms in total. The number of carbonyl (C=O) groups is 5. The molecule has 0 bridgehead atoms. The highest BCUT2D eigenvalue weighted by Gasteiger charge is 2.57. The number of amides is 2. The van der Waals surface area contributed by atoms with E-state index in [9.17, 15) is 24.0 Å². The lowest BCUT2D eigenvalue weighted by Gasteiger charge is -2.47. The number of nitrogens with zero attached hydrogens (tertiary/aromatic N) is 1. The van der Waals surface area contributed by atoms with E-state index in [1.165, 1.54) is 6.92 Å². The second-order valence-corrected chi connectivity index (χ2v) is 14.4. The monoisotopic (exact) mass is 669 g/mol. The van der Waals surface area contributed by atoms with Crippen LogP contribution in [0.4, 0.5) is 9.59 Å². The summed E-state index contributed by atoms with van der Waals surface area (Å²) in [5.41, 5.74) is 2.80. The molecule has 0 radical (unpaired) electrons. The number of hydrogen-bond acceptors (Lipinski definition) is 12. The van der Waals surface area contributed by atoms with Crippen LogP contribution in [0, 0.1) is 23.7 Å². The highest BCUT2D eigenvalue weighted by Crippen LogP contribution is 2.41. The van der Waals surface area contributed by atoms with E-state index in [0.29, 0.717) is 12.8 Å². The van der Waals surface area contributed by atoms with Crippen LogP contribution in [0.15, 0.2) is 0 Å². The Morgan fingerprint density at radius 1 is 1.04 bits per heavy atom. The van der Waals surface area contributed by atoms with Crippen LogP contribution >= 0.6 is 0 Å². The van der Waals surface area contributed by atoms with Crippen LogP contribution in [0.3, 0.4) is 0 Å². The quantitative estimate of drug-likeness (QED) is 0.311. The number of cyclic esters (lactones) is 1. The lowest BCUT2D eigenvalue weighted by Crippen LogP contribution is -2.60. The summed E-state index contributed by atoms with van der Waals surface area (Å²) in [7, 11) is 3.74. The van der Waals surface area contributed by atoms with Gasteiger partial charge in [0.2, 0.25) is 0 Å². The minimum atomic E-state index is -1.52. The third kappa shape index (κ3) is 8.55. The SMILES string of the molecule is CC[C@H]1OC(=O)[C@H](C)C[C@H](C)[C@@H](O[C@@H]2O[C@H](C)C[C@H](N(C)C)[C@H]2OC(C)=O)[C@](C)(OC(N)=O)C[C@@H](C)C(=O)[C@H](C)[C@H]2NC(=O)O[C@@]21C. The number of ether oxygens (including phenoxy) is 6. The smallest absolute Gasteiger partial charge is 0.408 e. The summed E-state index contributed by atoms with van der Waals surface area (Å²) < 4.78 is 36.2. The van der Waals surface area contributed by atoms with Crippen LogP contribution in [-0.2, 0) is 42.8 Å². The zero-order valence-electron chi connectivity index (χ0n) is 29.7. The first-order valence-electron chi connectivity index (χ1n) is 16.6. The maximum Gasteiger partial charge on any atom is 0.408 e. The minimum absolute atomic E-state index is 0.0139. The van der Waals surface area contributed by atoms with Gasteiger partial charge in [0.25, 0.3) is 0 Å². The zero-order valence-corrected chi connectivity index (χ0v) is 29.7. The van der Waals surface area contributed by atoms with Crippen LogP contribution in [0.1, 0.15) is 88.0 Å². The van der Waals surface area contributed by atoms with Crippen LogP contribution < -0.4 is 11.1 Å². The number of rotatable bonds is 6. The van der Waals surface area contributed by atoms with Gasteiger partial charge in [-0.25, -0.2) is 9.59 Å². The topological polar surface area (TPSA) is 182 Å². The lowest BCUT2D eigenvalue weighted by atomic mass is 9.74. The van der Waals surface area contributed by atoms with Crippen molar-refractivity contribution >= 4 is 29.9 Å². The molecule has 3 rings (SSSR count). The molecular weight excluding hydrogens is 614 g/mol. The van der Waals surface area contributed by atoms with Crippen molar-refractivity contribution in [1.82, 2.24) is 10.2 Å². The van der Waals surface area contributed by atoms with Crippen molar-refractivity contribution in [3.63, 3.8) is 0 Å². The summed E-state index contributed by atoms with van der Waals surface area (Å²) in [5.74, 6) is -3.95. The molecule has 0 aromatic rings. The van der Waals surface area contributed by atoms with Crippen molar-refractivity contribution in [1.29, 1.82) is 0 Å². The fourth-order valence-electron chi connectivity index (χ4n) is 7.84. The Morgan fingerprint density at radius 3 is 2.23 bits per heavy atom. The number of alkyl carbamates (subject to hydrolysis) is 1. The third-order valence-corrected chi connectivity index (χ3v) is 10.0. The molecule has 0 unspecified atom stereocenters. The lowest BCUT2D eigenvalue weighted by molar-refractivity contribution is -0.297. The predicted molar refractivity (Wildman–Crippen MR) is 169 cm³/mol. The second-order valence-electron chi connectivity index (χ2n) is 14.4. The number of likely N-dealkylation sites (N-methyl/N-ethyl adjacent to an activating group) is 1. The van der Waals surface area contributed by atoms with Gasteiger partial charge in [0, 0.05) is 18.8 Å². The van der Waals surface area contributed by atoms with Crippen molar-refractivity contribution < 1.29 is 52.4 Å². The molecule has 3 saturated heterocycles. The molecule has 14 heteroatoms. The summed E-state index contributed by atoms with van der Waals surface area (Å²) in [4.78, 5) is 66.9. The molecule has 13 atom stereocenters. The van der Waals surface area contributed by atoms with E-state index < -0.39 is 89.6 Å². The van der Waals surface area contributed by atoms with Gasteiger partial charge in [-0.3, -0.25) is 14.4 Å². The third-order valence-electron chi connectivity index (χ3n) is 10.0. The fourth-order valence-corrected chi connectivity index (χ4v) is 7.84. The van der Waals surface area contributed by atoms with Crippen molar-refractivity contribution in [3.05, 3.63) is 0 Å². The number of Topliss-reactive ketones (excluding diaryl/α,β-unsaturated/α-hetero) is 1. The Bertz CT molecular complexity index is 1180. The van der Waals surface area contributed by atoms with Crippen molar-refractivity contribution in [2.45, 2.75) is 142 Å². The number of primary amides is 1. The standard InChI is InChI=1S/C33H55N3O11/c1-12-23-33(9)26(35-31(41)47-33)20(6)24(38)18(4)15-32(8,46-30(34)40)27(16(2)13-17(3)28(39)44-23)45-29-25(43-21(7)37)22(36(10)11)14-19(5)42-29/h16-20,22-23,25-27,29H,12-15H2,1-11H3,(H2,34,40)(H,35,41)/t16-,17+,18+,19+,20-,22-,23+,25+,26+,27+,29-,32+,33+/m0/s1. The molecule has 2 amide bonds. The van der Waals surface area contributed by atoms with E-state index in [2.05, 4.69) is 5.32 Å². The average Bonchev–Trinajstić information content (AvgIpc) is 3.27. The molecule has 268 valence electrons. The minimum Gasteiger partial charge on any atom is -0.458 e. The molecule has 0 aliphatic carbocycles. The molecule has 0 saturated carbocycles. The Labute approximate surface area is 278 Å². The normalized spacial score (nSPS) is 42.0. The van der Waals surface area contributed by atoms with Gasteiger partial charge < -0.3 is 44.4 Å². The van der Waals surface area contributed by atoms with Crippen molar-refractivity contribution in [2.24, 2.45) is 29.4 Å². The van der Waals surface area contributed by atoms with Crippen molar-refractivity contribution in [2.75, 3.05) is 14.1 Å². The Morgan fingerprint density at radius 2 is 1.68 bits per heavy atom. The highest BCUT2D eigenvalue weighted by molar-refractivity contribution is 5.85. The Balaban J connectivity index is 2.14. The molecule has 3 aliphatic heterocycles. The molecule has 0 spiro atoms. The largest absolute Gasteiger partial charge is 0.458 e. The molecule has 3 N–H and O–H groups in total. The predicted octanol–water partition coefficient (Wildman–Crippen LogP) is 3.32. The molecule has 3 aliphatic rings. The molecule has 0 aromatic heterocycles. The van der Waals surface area contributed by atoms with Crippen LogP contribution in [0.5, 0.6) is 0 Å². The summed E-state index contributed by atoms with van der Waals surface area (Å²) in [6.07, 6.45) is -4.71. The van der Waals surface area contributed by atoms with E-state index in [4.69, 9.17) is 34.2 Å². The van der Waals surface area contributed by atoms with Gasteiger partial charge in [-0.05, 0) is 66.5 Å². The molecule has 47 heavy (non-hydrogen) atoms. The molecular formula is C33H55N3O11. The first-order chi connectivity index (χ1) is 21.7. The summed E-state index contributed by atoms with van der Waals surface area (Å²) in [6.45, 7) is 15.3.